The summed E-state index contributed by atoms with van der Waals surface area (Å²) >= 11 is 6.03. The number of benzene rings is 1. The van der Waals surface area contributed by atoms with Crippen LogP contribution >= 0.6 is 11.6 Å². The molecule has 3 heteroatoms. The molecule has 0 aliphatic carbocycles. The van der Waals surface area contributed by atoms with Crippen molar-refractivity contribution >= 4 is 23.0 Å². The molecule has 0 amide bonds. The zero-order valence-corrected chi connectivity index (χ0v) is 10.4. The molecule has 1 aliphatic rings. The smallest absolute Gasteiger partial charge is 0.0709 e. The minimum Gasteiger partial charge on any atom is -0.160 e. The van der Waals surface area contributed by atoms with E-state index in [1.54, 1.807) is 0 Å². The van der Waals surface area contributed by atoms with E-state index in [2.05, 4.69) is 23.2 Å². The number of hydrogen-bond donors (Lipinski definition) is 0. The average molecular weight is 235 g/mol. The van der Waals surface area contributed by atoms with Crippen LogP contribution in [-0.2, 0) is 6.42 Å². The van der Waals surface area contributed by atoms with Crippen LogP contribution in [-0.4, -0.2) is 11.4 Å². The molecule has 0 saturated carbocycles. The topological polar surface area (TPSA) is 24.7 Å². The first kappa shape index (κ1) is 11.3. The first-order chi connectivity index (χ1) is 7.70. The number of aryl methyl sites for hydroxylation is 1. The fourth-order valence-corrected chi connectivity index (χ4v) is 2.03. The van der Waals surface area contributed by atoms with Gasteiger partial charge in [-0.05, 0) is 43.9 Å². The highest BCUT2D eigenvalue weighted by molar-refractivity contribution is 6.31. The van der Waals surface area contributed by atoms with Crippen LogP contribution in [0.2, 0.25) is 5.02 Å². The Balaban J connectivity index is 2.43. The summed E-state index contributed by atoms with van der Waals surface area (Å²) in [4.78, 5) is 0. The summed E-state index contributed by atoms with van der Waals surface area (Å²) in [5.41, 5.74) is 4.61. The van der Waals surface area contributed by atoms with Crippen molar-refractivity contribution in [2.24, 2.45) is 10.2 Å². The van der Waals surface area contributed by atoms with Crippen molar-refractivity contribution in [1.82, 2.24) is 0 Å². The molecule has 0 unspecified atom stereocenters. The number of nitrogens with zero attached hydrogens (tertiary/aromatic N) is 2. The van der Waals surface area contributed by atoms with Gasteiger partial charge in [0.1, 0.15) is 0 Å². The molecule has 1 aromatic carbocycles. The highest BCUT2D eigenvalue weighted by Crippen LogP contribution is 2.21. The Hall–Kier alpha value is -1.15. The van der Waals surface area contributed by atoms with Gasteiger partial charge in [-0.1, -0.05) is 24.6 Å². The number of halogens is 1. The Morgan fingerprint density at radius 1 is 1.25 bits per heavy atom. The summed E-state index contributed by atoms with van der Waals surface area (Å²) < 4.78 is 0. The van der Waals surface area contributed by atoms with E-state index in [1.165, 1.54) is 5.56 Å². The van der Waals surface area contributed by atoms with Gasteiger partial charge in [-0.2, -0.15) is 10.2 Å². The van der Waals surface area contributed by atoms with E-state index in [9.17, 15) is 0 Å². The number of hydrogen-bond acceptors (Lipinski definition) is 2. The van der Waals surface area contributed by atoms with Gasteiger partial charge in [-0.15, -0.1) is 0 Å². The van der Waals surface area contributed by atoms with Gasteiger partial charge in [0.05, 0.1) is 5.71 Å². The van der Waals surface area contributed by atoms with E-state index in [0.717, 1.165) is 41.3 Å². The Kier molecular flexibility index (Phi) is 3.39. The first-order valence-corrected chi connectivity index (χ1v) is 5.97. The van der Waals surface area contributed by atoms with Gasteiger partial charge in [0.15, 0.2) is 0 Å². The molecule has 16 heavy (non-hydrogen) atoms. The lowest BCUT2D eigenvalue weighted by molar-refractivity contribution is 1.02. The lowest BCUT2D eigenvalue weighted by atomic mass is 9.97. The maximum Gasteiger partial charge on any atom is 0.0709 e. The predicted octanol–water partition coefficient (Wildman–Crippen LogP) is 3.86. The monoisotopic (exact) mass is 234 g/mol. The molecule has 0 spiro atoms. The van der Waals surface area contributed by atoms with Crippen LogP contribution in [0, 0.1) is 0 Å². The van der Waals surface area contributed by atoms with Crippen LogP contribution in [0.5, 0.6) is 0 Å². The normalized spacial score (nSPS) is 15.7. The van der Waals surface area contributed by atoms with Crippen molar-refractivity contribution in [2.75, 3.05) is 0 Å². The molecule has 0 saturated heterocycles. The van der Waals surface area contributed by atoms with Crippen LogP contribution in [0.4, 0.5) is 0 Å². The van der Waals surface area contributed by atoms with E-state index in [1.807, 2.05) is 19.1 Å². The molecular weight excluding hydrogens is 220 g/mol. The summed E-state index contributed by atoms with van der Waals surface area (Å²) in [5.74, 6) is 0. The summed E-state index contributed by atoms with van der Waals surface area (Å²) in [7, 11) is 0. The fourth-order valence-electron chi connectivity index (χ4n) is 1.86. The quantitative estimate of drug-likeness (QED) is 0.743. The molecule has 0 N–H and O–H groups in total. The molecule has 0 radical (unpaired) electrons. The molecule has 84 valence electrons. The van der Waals surface area contributed by atoms with E-state index in [-0.39, 0.29) is 0 Å². The highest BCUT2D eigenvalue weighted by atomic mass is 35.5. The summed E-state index contributed by atoms with van der Waals surface area (Å²) in [6.45, 7) is 4.16. The third kappa shape index (κ3) is 2.33. The SMILES string of the molecule is CCc1ccc(Cl)cc1C1=NN=C(C)CC1. The van der Waals surface area contributed by atoms with Gasteiger partial charge in [0.2, 0.25) is 0 Å². The van der Waals surface area contributed by atoms with Gasteiger partial charge in [0.25, 0.3) is 0 Å². The molecule has 1 aliphatic heterocycles. The van der Waals surface area contributed by atoms with Crippen molar-refractivity contribution in [1.29, 1.82) is 0 Å². The molecule has 0 bridgehead atoms. The molecule has 0 fully saturated rings. The van der Waals surface area contributed by atoms with Gasteiger partial charge in [-0.25, -0.2) is 0 Å². The van der Waals surface area contributed by atoms with Crippen LogP contribution < -0.4 is 0 Å². The zero-order chi connectivity index (χ0) is 11.5. The van der Waals surface area contributed by atoms with Gasteiger partial charge >= 0.3 is 0 Å². The van der Waals surface area contributed by atoms with Crippen molar-refractivity contribution in [3.8, 4) is 0 Å². The lowest BCUT2D eigenvalue weighted by Gasteiger charge is -2.13. The lowest BCUT2D eigenvalue weighted by Crippen LogP contribution is -2.10. The van der Waals surface area contributed by atoms with Gasteiger partial charge in [-0.3, -0.25) is 0 Å². The average Bonchev–Trinajstić information content (AvgIpc) is 2.30. The maximum absolute atomic E-state index is 6.03. The first-order valence-electron chi connectivity index (χ1n) is 5.59. The van der Waals surface area contributed by atoms with Crippen molar-refractivity contribution in [2.45, 2.75) is 33.1 Å². The van der Waals surface area contributed by atoms with E-state index in [0.29, 0.717) is 0 Å². The molecule has 2 rings (SSSR count). The third-order valence-electron chi connectivity index (χ3n) is 2.83. The molecule has 0 aromatic heterocycles. The third-order valence-corrected chi connectivity index (χ3v) is 3.06. The van der Waals surface area contributed by atoms with Crippen LogP contribution in [0.1, 0.15) is 37.8 Å². The van der Waals surface area contributed by atoms with E-state index in [4.69, 9.17) is 11.6 Å². The molecule has 1 heterocycles. The largest absolute Gasteiger partial charge is 0.160 e. The highest BCUT2D eigenvalue weighted by Gasteiger charge is 2.12. The Labute approximate surface area is 101 Å². The molecular formula is C13H15ClN2. The van der Waals surface area contributed by atoms with Crippen LogP contribution in [0.25, 0.3) is 0 Å². The summed E-state index contributed by atoms with van der Waals surface area (Å²) in [5, 5.41) is 9.20. The molecule has 0 atom stereocenters. The Morgan fingerprint density at radius 2 is 2.06 bits per heavy atom. The minimum absolute atomic E-state index is 0.765. The maximum atomic E-state index is 6.03. The Morgan fingerprint density at radius 3 is 2.69 bits per heavy atom. The second-order valence-corrected chi connectivity index (χ2v) is 4.47. The van der Waals surface area contributed by atoms with Gasteiger partial charge in [0, 0.05) is 16.3 Å². The van der Waals surface area contributed by atoms with Crippen molar-refractivity contribution < 1.29 is 0 Å². The fraction of sp³-hybridized carbons (Fsp3) is 0.385. The standard InChI is InChI=1S/C13H15ClN2/c1-3-10-5-6-11(14)8-12(10)13-7-4-9(2)15-16-13/h5-6,8H,3-4,7H2,1-2H3. The van der Waals surface area contributed by atoms with Crippen molar-refractivity contribution in [3.05, 3.63) is 34.3 Å². The van der Waals surface area contributed by atoms with E-state index >= 15 is 0 Å². The van der Waals surface area contributed by atoms with Gasteiger partial charge < -0.3 is 0 Å². The minimum atomic E-state index is 0.765. The van der Waals surface area contributed by atoms with E-state index < -0.39 is 0 Å². The van der Waals surface area contributed by atoms with Crippen LogP contribution in [0.15, 0.2) is 28.4 Å². The predicted molar refractivity (Wildman–Crippen MR) is 69.7 cm³/mol. The summed E-state index contributed by atoms with van der Waals surface area (Å²) in [6.07, 6.45) is 2.95. The number of rotatable bonds is 2. The zero-order valence-electron chi connectivity index (χ0n) is 9.63. The van der Waals surface area contributed by atoms with Crippen LogP contribution in [0.3, 0.4) is 0 Å². The summed E-state index contributed by atoms with van der Waals surface area (Å²) in [6, 6.07) is 6.00. The Bertz CT molecular complexity index is 461. The second kappa shape index (κ2) is 4.79. The molecule has 2 nitrogen and oxygen atoms in total. The second-order valence-electron chi connectivity index (χ2n) is 4.04. The van der Waals surface area contributed by atoms with Crippen molar-refractivity contribution in [3.63, 3.8) is 0 Å². The molecule has 1 aromatic rings.